The molecule has 0 saturated carbocycles. The molecule has 0 aliphatic rings. The van der Waals surface area contributed by atoms with Crippen molar-refractivity contribution in [1.29, 1.82) is 0 Å². The maximum atomic E-state index is 13.1. The molecule has 1 N–H and O–H groups in total. The van der Waals surface area contributed by atoms with Crippen LogP contribution in [0.15, 0.2) is 81.2 Å². The van der Waals surface area contributed by atoms with E-state index in [-0.39, 0.29) is 15.6 Å². The molecule has 0 radical (unpaired) electrons. The van der Waals surface area contributed by atoms with Crippen molar-refractivity contribution in [2.75, 3.05) is 13.7 Å². The third-order valence-electron chi connectivity index (χ3n) is 4.15. The predicted molar refractivity (Wildman–Crippen MR) is 109 cm³/mol. The van der Waals surface area contributed by atoms with E-state index >= 15 is 0 Å². The summed E-state index contributed by atoms with van der Waals surface area (Å²) in [6.07, 6.45) is 0. The molecule has 0 aliphatic heterocycles. The van der Waals surface area contributed by atoms with Gasteiger partial charge >= 0.3 is 0 Å². The maximum Gasteiger partial charge on any atom is 0.240 e. The molecule has 0 amide bonds. The summed E-state index contributed by atoms with van der Waals surface area (Å²) in [6, 6.07) is 17.6. The molecule has 0 saturated heterocycles. The highest BCUT2D eigenvalue weighted by Crippen LogP contribution is 2.31. The Hall–Kier alpha value is -2.20. The van der Waals surface area contributed by atoms with Crippen molar-refractivity contribution in [2.45, 2.75) is 14.4 Å². The largest absolute Gasteiger partial charge is 0.497 e. The van der Waals surface area contributed by atoms with E-state index in [1.165, 1.54) is 37.4 Å². The van der Waals surface area contributed by atoms with Gasteiger partial charge in [-0.15, -0.1) is 11.3 Å². The van der Waals surface area contributed by atoms with Crippen LogP contribution in [0.4, 0.5) is 0 Å². The van der Waals surface area contributed by atoms with Gasteiger partial charge in [0.2, 0.25) is 10.0 Å². The highest BCUT2D eigenvalue weighted by Gasteiger charge is 2.31. The van der Waals surface area contributed by atoms with Gasteiger partial charge in [-0.25, -0.2) is 21.6 Å². The number of thiophene rings is 1. The third-order valence-corrected chi connectivity index (χ3v) is 9.12. The van der Waals surface area contributed by atoms with Crippen LogP contribution >= 0.6 is 11.3 Å². The molecule has 9 heteroatoms. The molecule has 2 aromatic carbocycles. The molecule has 148 valence electrons. The average molecular weight is 438 g/mol. The van der Waals surface area contributed by atoms with Crippen molar-refractivity contribution in [1.82, 2.24) is 4.72 Å². The summed E-state index contributed by atoms with van der Waals surface area (Å²) in [5.74, 6) is 0.529. The second-order valence-corrected chi connectivity index (χ2v) is 11.0. The molecule has 0 aliphatic carbocycles. The van der Waals surface area contributed by atoms with E-state index in [0.717, 1.165) is 11.3 Å². The zero-order valence-corrected chi connectivity index (χ0v) is 17.4. The molecule has 0 bridgehead atoms. The fourth-order valence-corrected chi connectivity index (χ4v) is 6.68. The van der Waals surface area contributed by atoms with E-state index in [4.69, 9.17) is 4.74 Å². The molecular formula is C19H19NO5S3. The number of benzene rings is 2. The van der Waals surface area contributed by atoms with E-state index in [9.17, 15) is 16.8 Å². The Morgan fingerprint density at radius 2 is 1.61 bits per heavy atom. The number of methoxy groups -OCH3 is 1. The first-order chi connectivity index (χ1) is 13.3. The number of ether oxygens (including phenoxy) is 1. The van der Waals surface area contributed by atoms with Crippen LogP contribution in [0.3, 0.4) is 0 Å². The summed E-state index contributed by atoms with van der Waals surface area (Å²) in [5.41, 5.74) is 0.522. The van der Waals surface area contributed by atoms with Crippen LogP contribution in [-0.2, 0) is 19.9 Å². The fraction of sp³-hybridized carbons (Fsp3) is 0.158. The van der Waals surface area contributed by atoms with E-state index in [2.05, 4.69) is 4.72 Å². The highest BCUT2D eigenvalue weighted by atomic mass is 32.2. The minimum atomic E-state index is -3.88. The van der Waals surface area contributed by atoms with Gasteiger partial charge in [0.05, 0.1) is 12.0 Å². The van der Waals surface area contributed by atoms with Crippen LogP contribution in [0.2, 0.25) is 0 Å². The van der Waals surface area contributed by atoms with Gasteiger partial charge < -0.3 is 4.74 Å². The Labute approximate surface area is 168 Å². The van der Waals surface area contributed by atoms with Crippen molar-refractivity contribution < 1.29 is 21.6 Å². The van der Waals surface area contributed by atoms with Gasteiger partial charge in [0.15, 0.2) is 9.84 Å². The van der Waals surface area contributed by atoms with Crippen molar-refractivity contribution in [3.8, 4) is 5.75 Å². The first kappa shape index (κ1) is 20.5. The molecule has 1 heterocycles. The Kier molecular flexibility index (Phi) is 6.19. The van der Waals surface area contributed by atoms with Crippen molar-refractivity contribution in [3.63, 3.8) is 0 Å². The van der Waals surface area contributed by atoms with E-state index in [1.54, 1.807) is 41.8 Å². The van der Waals surface area contributed by atoms with Gasteiger partial charge in [-0.05, 0) is 41.3 Å². The number of sulfone groups is 1. The number of sulfonamides is 1. The molecule has 6 nitrogen and oxygen atoms in total. The summed E-state index contributed by atoms with van der Waals surface area (Å²) in [6.45, 7) is -0.279. The van der Waals surface area contributed by atoms with Crippen LogP contribution < -0.4 is 9.46 Å². The van der Waals surface area contributed by atoms with Crippen molar-refractivity contribution >= 4 is 31.2 Å². The summed E-state index contributed by atoms with van der Waals surface area (Å²) in [5, 5.41) is 0.636. The lowest BCUT2D eigenvalue weighted by atomic mass is 10.1. The lowest BCUT2D eigenvalue weighted by Crippen LogP contribution is -2.31. The van der Waals surface area contributed by atoms with Gasteiger partial charge in [0.1, 0.15) is 15.2 Å². The third kappa shape index (κ3) is 4.44. The monoisotopic (exact) mass is 437 g/mol. The fourth-order valence-electron chi connectivity index (χ4n) is 2.66. The number of nitrogens with one attached hydrogen (secondary N) is 1. The second kappa shape index (κ2) is 8.44. The van der Waals surface area contributed by atoms with Crippen LogP contribution in [0.5, 0.6) is 5.75 Å². The van der Waals surface area contributed by atoms with Gasteiger partial charge in [-0.2, -0.15) is 0 Å². The minimum absolute atomic E-state index is 0.0358. The Morgan fingerprint density at radius 3 is 2.18 bits per heavy atom. The van der Waals surface area contributed by atoms with E-state index in [0.29, 0.717) is 11.3 Å². The molecule has 1 atom stereocenters. The molecular weight excluding hydrogens is 418 g/mol. The second-order valence-electron chi connectivity index (χ2n) is 5.90. The Balaban J connectivity index is 1.90. The van der Waals surface area contributed by atoms with Gasteiger partial charge in [-0.1, -0.05) is 36.4 Å². The summed E-state index contributed by atoms with van der Waals surface area (Å²) < 4.78 is 59.1. The lowest BCUT2D eigenvalue weighted by Gasteiger charge is -2.18. The normalized spacial score (nSPS) is 13.2. The quantitative estimate of drug-likeness (QED) is 0.584. The molecule has 3 rings (SSSR count). The lowest BCUT2D eigenvalue weighted by molar-refractivity contribution is 0.414. The standard InChI is InChI=1S/C19H19NO5S3/c1-25-16-9-11-17(12-10-16)28(23,24)20-14-18(15-6-3-2-4-7-15)27(21,22)19-8-5-13-26-19/h2-13,18,20H,14H2,1H3/t18-/m0/s1. The Bertz CT molecular complexity index is 1110. The minimum Gasteiger partial charge on any atom is -0.497 e. The molecule has 1 aromatic heterocycles. The average Bonchev–Trinajstić information content (AvgIpc) is 3.24. The van der Waals surface area contributed by atoms with Crippen LogP contribution in [0, 0.1) is 0 Å². The zero-order valence-electron chi connectivity index (χ0n) is 15.0. The Morgan fingerprint density at radius 1 is 0.929 bits per heavy atom. The van der Waals surface area contributed by atoms with Crippen LogP contribution in [0.1, 0.15) is 10.8 Å². The predicted octanol–water partition coefficient (Wildman–Crippen LogP) is 3.25. The maximum absolute atomic E-state index is 13.1. The van der Waals surface area contributed by atoms with Crippen LogP contribution in [0.25, 0.3) is 0 Å². The molecule has 0 unspecified atom stereocenters. The van der Waals surface area contributed by atoms with Crippen molar-refractivity contribution in [2.24, 2.45) is 0 Å². The van der Waals surface area contributed by atoms with E-state index < -0.39 is 25.1 Å². The number of hydrogen-bond donors (Lipinski definition) is 1. The summed E-state index contributed by atoms with van der Waals surface area (Å²) >= 11 is 1.11. The van der Waals surface area contributed by atoms with Gasteiger partial charge in [-0.3, -0.25) is 0 Å². The van der Waals surface area contributed by atoms with Crippen molar-refractivity contribution in [3.05, 3.63) is 77.7 Å². The summed E-state index contributed by atoms with van der Waals surface area (Å²) in [7, 11) is -6.15. The van der Waals surface area contributed by atoms with Crippen LogP contribution in [-0.4, -0.2) is 30.5 Å². The number of rotatable bonds is 8. The molecule has 0 spiro atoms. The zero-order chi connectivity index (χ0) is 20.2. The summed E-state index contributed by atoms with van der Waals surface area (Å²) in [4.78, 5) is 0.0358. The van der Waals surface area contributed by atoms with Gasteiger partial charge in [0.25, 0.3) is 0 Å². The number of hydrogen-bond acceptors (Lipinski definition) is 6. The smallest absolute Gasteiger partial charge is 0.240 e. The molecule has 28 heavy (non-hydrogen) atoms. The highest BCUT2D eigenvalue weighted by molar-refractivity contribution is 7.93. The topological polar surface area (TPSA) is 89.5 Å². The van der Waals surface area contributed by atoms with Gasteiger partial charge in [0, 0.05) is 6.54 Å². The first-order valence-corrected chi connectivity index (χ1v) is 12.2. The SMILES string of the molecule is COc1ccc(S(=O)(=O)NC[C@@H](c2ccccc2)S(=O)(=O)c2cccs2)cc1. The first-order valence-electron chi connectivity index (χ1n) is 8.30. The molecule has 0 fully saturated rings. The van der Waals surface area contributed by atoms with E-state index in [1.807, 2.05) is 0 Å². The molecule has 3 aromatic rings.